The summed E-state index contributed by atoms with van der Waals surface area (Å²) in [7, 11) is 1.72. The van der Waals surface area contributed by atoms with Gasteiger partial charge < -0.3 is 5.32 Å². The number of hydrogen-bond donors (Lipinski definition) is 1. The molecule has 0 radical (unpaired) electrons. The molecule has 7 nitrogen and oxygen atoms in total. The van der Waals surface area contributed by atoms with E-state index in [4.69, 9.17) is 0 Å². The standard InChI is InChI=1S/C22H21F3N6O/c1-13(2)14-4-6-15(7-5-14)17-10-19(22(23,24)25)31-20(28-17)11-18(29-31)21(32)26-12-16-8-9-27-30(16)3/h4-11,13H,12H2,1-3H3,(H,26,32). The van der Waals surface area contributed by atoms with Gasteiger partial charge in [-0.05, 0) is 23.6 Å². The lowest BCUT2D eigenvalue weighted by atomic mass is 10.0. The van der Waals surface area contributed by atoms with E-state index in [0.717, 1.165) is 17.3 Å². The Morgan fingerprint density at radius 1 is 1.12 bits per heavy atom. The fourth-order valence-electron chi connectivity index (χ4n) is 3.31. The van der Waals surface area contributed by atoms with Crippen LogP contribution in [0.3, 0.4) is 0 Å². The smallest absolute Gasteiger partial charge is 0.345 e. The maximum Gasteiger partial charge on any atom is 0.433 e. The lowest BCUT2D eigenvalue weighted by molar-refractivity contribution is -0.142. The first-order valence-corrected chi connectivity index (χ1v) is 9.97. The fourth-order valence-corrected chi connectivity index (χ4v) is 3.31. The van der Waals surface area contributed by atoms with Crippen molar-refractivity contribution in [1.82, 2.24) is 29.7 Å². The van der Waals surface area contributed by atoms with Gasteiger partial charge in [-0.2, -0.15) is 23.4 Å². The lowest BCUT2D eigenvalue weighted by Crippen LogP contribution is -2.24. The number of carbonyl (C=O) groups excluding carboxylic acids is 1. The Kier molecular flexibility index (Phi) is 5.45. The molecule has 0 atom stereocenters. The van der Waals surface area contributed by atoms with Crippen LogP contribution in [0.15, 0.2) is 48.7 Å². The summed E-state index contributed by atoms with van der Waals surface area (Å²) in [5.41, 5.74) is 1.29. The Morgan fingerprint density at radius 2 is 1.84 bits per heavy atom. The predicted molar refractivity (Wildman–Crippen MR) is 112 cm³/mol. The average molecular weight is 442 g/mol. The van der Waals surface area contributed by atoms with Gasteiger partial charge in [-0.25, -0.2) is 9.50 Å². The normalized spacial score (nSPS) is 12.0. The highest BCUT2D eigenvalue weighted by molar-refractivity contribution is 5.93. The molecule has 0 aliphatic rings. The molecule has 4 aromatic rings. The molecule has 3 aromatic heterocycles. The maximum absolute atomic E-state index is 13.8. The first-order valence-electron chi connectivity index (χ1n) is 9.97. The Labute approximate surface area is 181 Å². The molecule has 0 aliphatic carbocycles. The number of aryl methyl sites for hydroxylation is 1. The van der Waals surface area contributed by atoms with Crippen molar-refractivity contribution in [3.63, 3.8) is 0 Å². The molecule has 1 aromatic carbocycles. The zero-order valence-corrected chi connectivity index (χ0v) is 17.7. The number of nitrogens with zero attached hydrogens (tertiary/aromatic N) is 5. The summed E-state index contributed by atoms with van der Waals surface area (Å²) in [6.45, 7) is 4.23. The third-order valence-electron chi connectivity index (χ3n) is 5.18. The molecular weight excluding hydrogens is 421 g/mol. The molecule has 1 N–H and O–H groups in total. The molecule has 0 fully saturated rings. The average Bonchev–Trinajstić information content (AvgIpc) is 3.36. The van der Waals surface area contributed by atoms with Crippen molar-refractivity contribution in [1.29, 1.82) is 0 Å². The van der Waals surface area contributed by atoms with E-state index in [2.05, 4.69) is 20.5 Å². The van der Waals surface area contributed by atoms with Gasteiger partial charge >= 0.3 is 6.18 Å². The summed E-state index contributed by atoms with van der Waals surface area (Å²) in [5.74, 6) is -0.305. The van der Waals surface area contributed by atoms with Gasteiger partial charge in [0.1, 0.15) is 0 Å². The summed E-state index contributed by atoms with van der Waals surface area (Å²) in [6, 6.07) is 11.1. The fraction of sp³-hybridized carbons (Fsp3) is 0.273. The Balaban J connectivity index is 1.70. The minimum Gasteiger partial charge on any atom is -0.345 e. The van der Waals surface area contributed by atoms with Gasteiger partial charge in [-0.3, -0.25) is 9.48 Å². The van der Waals surface area contributed by atoms with Gasteiger partial charge in [0.25, 0.3) is 5.91 Å². The summed E-state index contributed by atoms with van der Waals surface area (Å²) in [6.07, 6.45) is -3.09. The number of hydrogen-bond acceptors (Lipinski definition) is 4. The van der Waals surface area contributed by atoms with E-state index in [-0.39, 0.29) is 23.6 Å². The molecule has 0 spiro atoms. The summed E-state index contributed by atoms with van der Waals surface area (Å²) >= 11 is 0. The molecule has 0 saturated carbocycles. The van der Waals surface area contributed by atoms with Gasteiger partial charge in [0.05, 0.1) is 17.9 Å². The molecule has 32 heavy (non-hydrogen) atoms. The van der Waals surface area contributed by atoms with Crippen molar-refractivity contribution in [2.75, 3.05) is 0 Å². The topological polar surface area (TPSA) is 77.1 Å². The van der Waals surface area contributed by atoms with Crippen molar-refractivity contribution < 1.29 is 18.0 Å². The number of aromatic nitrogens is 5. The van der Waals surface area contributed by atoms with Crippen LogP contribution in [-0.2, 0) is 19.8 Å². The second kappa shape index (κ2) is 8.10. The van der Waals surface area contributed by atoms with Crippen LogP contribution >= 0.6 is 0 Å². The molecule has 0 aliphatic heterocycles. The molecule has 10 heteroatoms. The summed E-state index contributed by atoms with van der Waals surface area (Å²) in [5, 5.41) is 10.5. The van der Waals surface area contributed by atoms with E-state index in [1.54, 1.807) is 36.1 Å². The molecule has 0 saturated heterocycles. The van der Waals surface area contributed by atoms with E-state index in [1.807, 2.05) is 26.0 Å². The largest absolute Gasteiger partial charge is 0.433 e. The monoisotopic (exact) mass is 442 g/mol. The van der Waals surface area contributed by atoms with Crippen LogP contribution in [0.5, 0.6) is 0 Å². The second-order valence-corrected chi connectivity index (χ2v) is 7.73. The van der Waals surface area contributed by atoms with Crippen molar-refractivity contribution in [2.24, 2.45) is 7.05 Å². The van der Waals surface area contributed by atoms with Crippen molar-refractivity contribution in [3.05, 3.63) is 71.3 Å². The molecular formula is C22H21F3N6O. The van der Waals surface area contributed by atoms with E-state index >= 15 is 0 Å². The quantitative estimate of drug-likeness (QED) is 0.503. The zero-order chi connectivity index (χ0) is 23.0. The first kappa shape index (κ1) is 21.5. The van der Waals surface area contributed by atoms with Crippen LogP contribution in [0.25, 0.3) is 16.9 Å². The van der Waals surface area contributed by atoms with E-state index < -0.39 is 17.8 Å². The van der Waals surface area contributed by atoms with Gasteiger partial charge in [0, 0.05) is 24.9 Å². The van der Waals surface area contributed by atoms with Crippen molar-refractivity contribution >= 4 is 11.6 Å². The predicted octanol–water partition coefficient (Wildman–Crippen LogP) is 4.20. The molecule has 3 heterocycles. The number of nitrogens with one attached hydrogen (secondary N) is 1. The number of fused-ring (bicyclic) bond motifs is 1. The van der Waals surface area contributed by atoms with E-state index in [9.17, 15) is 18.0 Å². The summed E-state index contributed by atoms with van der Waals surface area (Å²) < 4.78 is 43.6. The molecule has 4 rings (SSSR count). The van der Waals surface area contributed by atoms with Crippen LogP contribution in [0, 0.1) is 0 Å². The minimum absolute atomic E-state index is 0.0616. The Hall–Kier alpha value is -3.69. The van der Waals surface area contributed by atoms with Gasteiger partial charge in [-0.15, -0.1) is 0 Å². The summed E-state index contributed by atoms with van der Waals surface area (Å²) in [4.78, 5) is 16.8. The van der Waals surface area contributed by atoms with Gasteiger partial charge in [0.2, 0.25) is 0 Å². The first-order chi connectivity index (χ1) is 15.1. The van der Waals surface area contributed by atoms with Crippen LogP contribution in [-0.4, -0.2) is 30.3 Å². The van der Waals surface area contributed by atoms with E-state index in [1.165, 1.54) is 6.07 Å². The van der Waals surface area contributed by atoms with Gasteiger partial charge in [0.15, 0.2) is 17.0 Å². The lowest BCUT2D eigenvalue weighted by Gasteiger charge is -2.12. The number of carbonyl (C=O) groups is 1. The molecule has 166 valence electrons. The van der Waals surface area contributed by atoms with Crippen LogP contribution in [0.2, 0.25) is 0 Å². The van der Waals surface area contributed by atoms with E-state index in [0.29, 0.717) is 16.0 Å². The molecule has 0 unspecified atom stereocenters. The number of benzene rings is 1. The number of rotatable bonds is 5. The van der Waals surface area contributed by atoms with Crippen LogP contribution in [0.4, 0.5) is 13.2 Å². The third kappa shape index (κ3) is 4.20. The maximum atomic E-state index is 13.8. The highest BCUT2D eigenvalue weighted by atomic mass is 19.4. The number of amides is 1. The highest BCUT2D eigenvalue weighted by Gasteiger charge is 2.35. The molecule has 1 amide bonds. The molecule has 0 bridgehead atoms. The van der Waals surface area contributed by atoms with Crippen molar-refractivity contribution in [2.45, 2.75) is 32.5 Å². The second-order valence-electron chi connectivity index (χ2n) is 7.73. The Morgan fingerprint density at radius 3 is 2.44 bits per heavy atom. The highest BCUT2D eigenvalue weighted by Crippen LogP contribution is 2.32. The Bertz CT molecular complexity index is 1270. The van der Waals surface area contributed by atoms with Crippen LogP contribution in [0.1, 0.15) is 47.2 Å². The zero-order valence-electron chi connectivity index (χ0n) is 17.7. The third-order valence-corrected chi connectivity index (χ3v) is 5.18. The number of halogens is 3. The van der Waals surface area contributed by atoms with Crippen LogP contribution < -0.4 is 5.32 Å². The van der Waals surface area contributed by atoms with Crippen molar-refractivity contribution in [3.8, 4) is 11.3 Å². The van der Waals surface area contributed by atoms with Gasteiger partial charge in [-0.1, -0.05) is 38.1 Å². The minimum atomic E-state index is -4.68. The number of alkyl halides is 3. The SMILES string of the molecule is CC(C)c1ccc(-c2cc(C(F)(F)F)n3nc(C(=O)NCc4ccnn4C)cc3n2)cc1.